The van der Waals surface area contributed by atoms with E-state index in [0.717, 1.165) is 0 Å². The molecule has 0 saturated heterocycles. The van der Waals surface area contributed by atoms with Gasteiger partial charge in [-0.3, -0.25) is 9.59 Å². The molecule has 0 radical (unpaired) electrons. The monoisotopic (exact) mass is 451 g/mol. The minimum atomic E-state index is -0.470. The molecule has 0 aliphatic heterocycles. The molecule has 0 fully saturated rings. The van der Waals surface area contributed by atoms with Crippen molar-refractivity contribution in [3.63, 3.8) is 0 Å². The Morgan fingerprint density at radius 2 is 1.79 bits per heavy atom. The van der Waals surface area contributed by atoms with Crippen molar-refractivity contribution in [1.29, 1.82) is 0 Å². The summed E-state index contributed by atoms with van der Waals surface area (Å²) in [7, 11) is 0. The number of nitrogens with one attached hydrogen (secondary N) is 2. The third-order valence-electron chi connectivity index (χ3n) is 4.58. The van der Waals surface area contributed by atoms with Gasteiger partial charge >= 0.3 is 5.97 Å². The van der Waals surface area contributed by atoms with Gasteiger partial charge in [0, 0.05) is 5.69 Å². The third-order valence-corrected chi connectivity index (χ3v) is 4.58. The smallest absolute Gasteiger partial charge is 0.338 e. The molecule has 1 aromatic heterocycles. The SMILES string of the molecule is CCOC(=O)c1cccc(NC(=O)Cn2nnc(C(=O)Nc3ccccc3OCC)c2C)c1. The minimum Gasteiger partial charge on any atom is -0.492 e. The van der Waals surface area contributed by atoms with Crippen LogP contribution in [0.3, 0.4) is 0 Å². The fourth-order valence-electron chi connectivity index (χ4n) is 3.03. The topological polar surface area (TPSA) is 124 Å². The van der Waals surface area contributed by atoms with E-state index in [9.17, 15) is 14.4 Å². The van der Waals surface area contributed by atoms with Crippen LogP contribution in [0.2, 0.25) is 0 Å². The van der Waals surface area contributed by atoms with Crippen molar-refractivity contribution >= 4 is 29.2 Å². The average molecular weight is 451 g/mol. The highest BCUT2D eigenvalue weighted by Crippen LogP contribution is 2.24. The minimum absolute atomic E-state index is 0.0957. The first-order chi connectivity index (χ1) is 15.9. The molecule has 2 amide bonds. The van der Waals surface area contributed by atoms with Crippen molar-refractivity contribution in [2.45, 2.75) is 27.3 Å². The zero-order valence-corrected chi connectivity index (χ0v) is 18.6. The second kappa shape index (κ2) is 10.9. The van der Waals surface area contributed by atoms with Crippen LogP contribution >= 0.6 is 0 Å². The van der Waals surface area contributed by atoms with Crippen molar-refractivity contribution in [2.75, 3.05) is 23.8 Å². The summed E-state index contributed by atoms with van der Waals surface area (Å²) >= 11 is 0. The Kier molecular flexibility index (Phi) is 7.74. The number of anilines is 2. The van der Waals surface area contributed by atoms with Gasteiger partial charge in [-0.25, -0.2) is 9.48 Å². The number of hydrogen-bond donors (Lipinski definition) is 2. The number of hydrogen-bond acceptors (Lipinski definition) is 7. The maximum atomic E-state index is 12.7. The molecule has 0 atom stereocenters. The highest BCUT2D eigenvalue weighted by molar-refractivity contribution is 6.04. The van der Waals surface area contributed by atoms with Gasteiger partial charge in [-0.1, -0.05) is 23.4 Å². The second-order valence-corrected chi connectivity index (χ2v) is 6.91. The fraction of sp³-hybridized carbons (Fsp3) is 0.261. The molecular formula is C23H25N5O5. The Morgan fingerprint density at radius 1 is 1.00 bits per heavy atom. The van der Waals surface area contributed by atoms with Gasteiger partial charge in [0.05, 0.1) is 30.2 Å². The maximum Gasteiger partial charge on any atom is 0.338 e. The first-order valence-electron chi connectivity index (χ1n) is 10.4. The fourth-order valence-corrected chi connectivity index (χ4v) is 3.03. The molecule has 172 valence electrons. The summed E-state index contributed by atoms with van der Waals surface area (Å²) in [4.78, 5) is 37.1. The van der Waals surface area contributed by atoms with Gasteiger partial charge in [0.25, 0.3) is 5.91 Å². The third kappa shape index (κ3) is 5.94. The van der Waals surface area contributed by atoms with E-state index in [2.05, 4.69) is 20.9 Å². The molecule has 1 heterocycles. The molecule has 3 aromatic rings. The van der Waals surface area contributed by atoms with E-state index < -0.39 is 17.8 Å². The molecule has 10 nitrogen and oxygen atoms in total. The number of aromatic nitrogens is 3. The molecule has 3 rings (SSSR count). The van der Waals surface area contributed by atoms with E-state index in [-0.39, 0.29) is 18.8 Å². The first-order valence-corrected chi connectivity index (χ1v) is 10.4. The van der Waals surface area contributed by atoms with Gasteiger partial charge in [-0.2, -0.15) is 0 Å². The molecule has 33 heavy (non-hydrogen) atoms. The Hall–Kier alpha value is -4.21. The Morgan fingerprint density at radius 3 is 2.55 bits per heavy atom. The molecule has 2 N–H and O–H groups in total. The molecule has 0 aliphatic rings. The van der Waals surface area contributed by atoms with Crippen molar-refractivity contribution in [2.24, 2.45) is 0 Å². The molecule has 0 saturated carbocycles. The molecule has 0 unspecified atom stereocenters. The van der Waals surface area contributed by atoms with Gasteiger partial charge in [0.2, 0.25) is 5.91 Å². The number of ether oxygens (including phenoxy) is 2. The predicted molar refractivity (Wildman–Crippen MR) is 121 cm³/mol. The zero-order chi connectivity index (χ0) is 23.8. The van der Waals surface area contributed by atoms with Crippen molar-refractivity contribution in [1.82, 2.24) is 15.0 Å². The number of nitrogens with zero attached hydrogens (tertiary/aromatic N) is 3. The molecule has 0 aliphatic carbocycles. The number of carbonyl (C=O) groups excluding carboxylic acids is 3. The predicted octanol–water partition coefficient (Wildman–Crippen LogP) is 3.05. The second-order valence-electron chi connectivity index (χ2n) is 6.91. The average Bonchev–Trinajstić information content (AvgIpc) is 3.15. The van der Waals surface area contributed by atoms with Crippen molar-refractivity contribution < 1.29 is 23.9 Å². The zero-order valence-electron chi connectivity index (χ0n) is 18.6. The summed E-state index contributed by atoms with van der Waals surface area (Å²) in [6.45, 7) is 5.78. The van der Waals surface area contributed by atoms with E-state index in [4.69, 9.17) is 9.47 Å². The highest BCUT2D eigenvalue weighted by Gasteiger charge is 2.19. The van der Waals surface area contributed by atoms with Crippen LogP contribution in [0.1, 0.15) is 40.4 Å². The summed E-state index contributed by atoms with van der Waals surface area (Å²) in [6, 6.07) is 13.5. The number of benzene rings is 2. The van der Waals surface area contributed by atoms with Gasteiger partial charge in [-0.15, -0.1) is 5.10 Å². The van der Waals surface area contributed by atoms with Gasteiger partial charge < -0.3 is 20.1 Å². The van der Waals surface area contributed by atoms with Crippen LogP contribution < -0.4 is 15.4 Å². The van der Waals surface area contributed by atoms with Crippen molar-refractivity contribution in [3.05, 3.63) is 65.5 Å². The van der Waals surface area contributed by atoms with Crippen molar-refractivity contribution in [3.8, 4) is 5.75 Å². The standard InChI is InChI=1S/C23H25N5O5/c1-4-32-19-12-7-6-11-18(19)25-22(30)21-15(3)28(27-26-21)14-20(29)24-17-10-8-9-16(13-17)23(31)33-5-2/h6-13H,4-5,14H2,1-3H3,(H,24,29)(H,25,30). The van der Waals surface area contributed by atoms with Crippen LogP contribution in [-0.2, 0) is 16.1 Å². The summed E-state index contributed by atoms with van der Waals surface area (Å²) in [5, 5.41) is 13.3. The number of para-hydroxylation sites is 2. The lowest BCUT2D eigenvalue weighted by atomic mass is 10.2. The maximum absolute atomic E-state index is 12.7. The molecule has 10 heteroatoms. The van der Waals surface area contributed by atoms with Gasteiger partial charge in [0.1, 0.15) is 12.3 Å². The van der Waals surface area contributed by atoms with Crippen LogP contribution in [0.4, 0.5) is 11.4 Å². The Labute approximate surface area is 190 Å². The number of amides is 2. The molecule has 0 spiro atoms. The summed E-state index contributed by atoms with van der Waals surface area (Å²) in [5.74, 6) is -0.781. The van der Waals surface area contributed by atoms with Crippen LogP contribution in [0.15, 0.2) is 48.5 Å². The van der Waals surface area contributed by atoms with E-state index >= 15 is 0 Å². The quantitative estimate of drug-likeness (QED) is 0.479. The summed E-state index contributed by atoms with van der Waals surface area (Å²) < 4.78 is 11.8. The Bertz CT molecular complexity index is 1160. The Balaban J connectivity index is 1.66. The molecule has 2 aromatic carbocycles. The number of carbonyl (C=O) groups is 3. The molecule has 0 bridgehead atoms. The number of esters is 1. The lowest BCUT2D eigenvalue weighted by Crippen LogP contribution is -2.21. The van der Waals surface area contributed by atoms with Gasteiger partial charge in [-0.05, 0) is 51.1 Å². The largest absolute Gasteiger partial charge is 0.492 e. The highest BCUT2D eigenvalue weighted by atomic mass is 16.5. The van der Waals surface area contributed by atoms with E-state index in [1.807, 2.05) is 13.0 Å². The van der Waals surface area contributed by atoms with Crippen LogP contribution in [0.25, 0.3) is 0 Å². The van der Waals surface area contributed by atoms with E-state index in [1.54, 1.807) is 50.2 Å². The summed E-state index contributed by atoms with van der Waals surface area (Å²) in [6.07, 6.45) is 0. The van der Waals surface area contributed by atoms with Gasteiger partial charge in [0.15, 0.2) is 5.69 Å². The summed E-state index contributed by atoms with van der Waals surface area (Å²) in [5.41, 5.74) is 1.81. The van der Waals surface area contributed by atoms with Crippen LogP contribution in [-0.4, -0.2) is 46.0 Å². The first kappa shape index (κ1) is 23.5. The number of rotatable bonds is 9. The normalized spacial score (nSPS) is 10.4. The van der Waals surface area contributed by atoms with Crippen LogP contribution in [0, 0.1) is 6.92 Å². The lowest BCUT2D eigenvalue weighted by Gasteiger charge is -2.10. The molecular weight excluding hydrogens is 426 g/mol. The van der Waals surface area contributed by atoms with E-state index in [1.165, 1.54) is 10.7 Å². The van der Waals surface area contributed by atoms with Crippen LogP contribution in [0.5, 0.6) is 5.75 Å². The van der Waals surface area contributed by atoms with E-state index in [0.29, 0.717) is 35.0 Å². The lowest BCUT2D eigenvalue weighted by molar-refractivity contribution is -0.117.